The SMILES string of the molecule is O=CC(=O)Oc1cccc2c1CCC(CCO)C2. The van der Waals surface area contributed by atoms with Gasteiger partial charge in [-0.1, -0.05) is 12.1 Å². The molecule has 96 valence electrons. The van der Waals surface area contributed by atoms with Gasteiger partial charge in [0.1, 0.15) is 5.75 Å². The van der Waals surface area contributed by atoms with Crippen molar-refractivity contribution < 1.29 is 19.4 Å². The number of aliphatic hydroxyl groups is 1. The van der Waals surface area contributed by atoms with E-state index in [0.29, 0.717) is 11.7 Å². The van der Waals surface area contributed by atoms with E-state index in [1.807, 2.05) is 12.1 Å². The highest BCUT2D eigenvalue weighted by molar-refractivity contribution is 6.21. The molecule has 0 radical (unpaired) electrons. The standard InChI is InChI=1S/C14H16O4/c15-7-6-10-4-5-12-11(8-10)2-1-3-13(12)18-14(17)9-16/h1-3,9-10,15H,4-8H2. The van der Waals surface area contributed by atoms with Gasteiger partial charge in [0.15, 0.2) is 0 Å². The lowest BCUT2D eigenvalue weighted by Crippen LogP contribution is -2.18. The van der Waals surface area contributed by atoms with Crippen LogP contribution in [0.15, 0.2) is 18.2 Å². The smallest absolute Gasteiger partial charge is 0.376 e. The molecule has 1 aliphatic carbocycles. The van der Waals surface area contributed by atoms with Crippen molar-refractivity contribution in [2.45, 2.75) is 25.7 Å². The van der Waals surface area contributed by atoms with Crippen molar-refractivity contribution in [1.82, 2.24) is 0 Å². The number of esters is 1. The molecule has 1 atom stereocenters. The van der Waals surface area contributed by atoms with E-state index in [-0.39, 0.29) is 12.9 Å². The van der Waals surface area contributed by atoms with E-state index in [9.17, 15) is 9.59 Å². The van der Waals surface area contributed by atoms with Crippen molar-refractivity contribution in [3.8, 4) is 5.75 Å². The third-order valence-corrected chi connectivity index (χ3v) is 3.39. The Labute approximate surface area is 106 Å². The first kappa shape index (κ1) is 12.8. The molecular formula is C14H16O4. The molecule has 0 amide bonds. The van der Waals surface area contributed by atoms with Gasteiger partial charge in [-0.25, -0.2) is 4.79 Å². The number of aliphatic hydroxyl groups excluding tert-OH is 1. The highest BCUT2D eigenvalue weighted by Gasteiger charge is 2.21. The minimum absolute atomic E-state index is 0.177. The fourth-order valence-electron chi connectivity index (χ4n) is 2.50. The van der Waals surface area contributed by atoms with E-state index in [1.165, 1.54) is 0 Å². The Morgan fingerprint density at radius 2 is 2.33 bits per heavy atom. The van der Waals surface area contributed by atoms with Gasteiger partial charge in [-0.2, -0.15) is 0 Å². The molecule has 1 N–H and O–H groups in total. The molecule has 0 saturated heterocycles. The van der Waals surface area contributed by atoms with Crippen LogP contribution in [0.1, 0.15) is 24.0 Å². The quantitative estimate of drug-likeness (QED) is 0.377. The minimum Gasteiger partial charge on any atom is -0.421 e. The van der Waals surface area contributed by atoms with Crippen LogP contribution in [0.2, 0.25) is 0 Å². The predicted octanol–water partition coefficient (Wildman–Crippen LogP) is 1.28. The first-order valence-corrected chi connectivity index (χ1v) is 6.13. The van der Waals surface area contributed by atoms with Crippen LogP contribution in [0, 0.1) is 5.92 Å². The van der Waals surface area contributed by atoms with E-state index in [1.54, 1.807) is 6.07 Å². The first-order chi connectivity index (χ1) is 8.74. The lowest BCUT2D eigenvalue weighted by atomic mass is 9.82. The maximum absolute atomic E-state index is 11.0. The molecule has 18 heavy (non-hydrogen) atoms. The first-order valence-electron chi connectivity index (χ1n) is 6.13. The largest absolute Gasteiger partial charge is 0.421 e. The highest BCUT2D eigenvalue weighted by atomic mass is 16.5. The van der Waals surface area contributed by atoms with Crippen LogP contribution >= 0.6 is 0 Å². The summed E-state index contributed by atoms with van der Waals surface area (Å²) in [7, 11) is 0. The number of ether oxygens (including phenoxy) is 1. The number of fused-ring (bicyclic) bond motifs is 1. The van der Waals surface area contributed by atoms with Crippen LogP contribution in [0.25, 0.3) is 0 Å². The zero-order chi connectivity index (χ0) is 13.0. The Bertz CT molecular complexity index is 453. The summed E-state index contributed by atoms with van der Waals surface area (Å²) in [4.78, 5) is 21.3. The van der Waals surface area contributed by atoms with Crippen LogP contribution in [0.5, 0.6) is 5.75 Å². The second-order valence-electron chi connectivity index (χ2n) is 4.55. The van der Waals surface area contributed by atoms with E-state index in [2.05, 4.69) is 0 Å². The molecule has 0 saturated carbocycles. The molecular weight excluding hydrogens is 232 g/mol. The van der Waals surface area contributed by atoms with Gasteiger partial charge in [0.25, 0.3) is 0 Å². The average Bonchev–Trinajstić information content (AvgIpc) is 2.39. The Hall–Kier alpha value is -1.68. The number of carbonyl (C=O) groups excluding carboxylic acids is 2. The van der Waals surface area contributed by atoms with Crippen molar-refractivity contribution >= 4 is 12.3 Å². The van der Waals surface area contributed by atoms with Gasteiger partial charge >= 0.3 is 5.97 Å². The average molecular weight is 248 g/mol. The molecule has 0 heterocycles. The lowest BCUT2D eigenvalue weighted by molar-refractivity contribution is -0.141. The van der Waals surface area contributed by atoms with Gasteiger partial charge < -0.3 is 9.84 Å². The molecule has 0 spiro atoms. The van der Waals surface area contributed by atoms with E-state index in [4.69, 9.17) is 9.84 Å². The zero-order valence-electron chi connectivity index (χ0n) is 10.1. The monoisotopic (exact) mass is 248 g/mol. The van der Waals surface area contributed by atoms with Crippen molar-refractivity contribution in [3.63, 3.8) is 0 Å². The fourth-order valence-corrected chi connectivity index (χ4v) is 2.50. The van der Waals surface area contributed by atoms with Gasteiger partial charge in [-0.15, -0.1) is 0 Å². The maximum atomic E-state index is 11.0. The fraction of sp³-hybridized carbons (Fsp3) is 0.429. The molecule has 0 fully saturated rings. The third-order valence-electron chi connectivity index (χ3n) is 3.39. The van der Waals surface area contributed by atoms with Crippen LogP contribution in [-0.4, -0.2) is 24.0 Å². The Kier molecular flexibility index (Phi) is 4.10. The van der Waals surface area contributed by atoms with Crippen molar-refractivity contribution in [2.75, 3.05) is 6.61 Å². The van der Waals surface area contributed by atoms with Gasteiger partial charge in [0.2, 0.25) is 6.29 Å². The normalized spacial score (nSPS) is 17.9. The molecule has 2 rings (SSSR count). The maximum Gasteiger partial charge on any atom is 0.376 e. The summed E-state index contributed by atoms with van der Waals surface area (Å²) in [6.45, 7) is 0.208. The summed E-state index contributed by atoms with van der Waals surface area (Å²) in [6.07, 6.45) is 3.67. The van der Waals surface area contributed by atoms with E-state index in [0.717, 1.165) is 36.8 Å². The summed E-state index contributed by atoms with van der Waals surface area (Å²) in [5.41, 5.74) is 2.16. The van der Waals surface area contributed by atoms with Crippen LogP contribution in [-0.2, 0) is 22.4 Å². The Morgan fingerprint density at radius 3 is 3.06 bits per heavy atom. The number of hydrogen-bond acceptors (Lipinski definition) is 4. The Morgan fingerprint density at radius 1 is 1.50 bits per heavy atom. The zero-order valence-corrected chi connectivity index (χ0v) is 10.1. The third kappa shape index (κ3) is 2.76. The summed E-state index contributed by atoms with van der Waals surface area (Å²) in [5.74, 6) is 0.118. The van der Waals surface area contributed by atoms with Gasteiger partial charge in [0, 0.05) is 6.61 Å². The molecule has 0 bridgehead atoms. The molecule has 0 aromatic heterocycles. The number of benzene rings is 1. The molecule has 1 unspecified atom stereocenters. The van der Waals surface area contributed by atoms with Crippen LogP contribution in [0.3, 0.4) is 0 Å². The van der Waals surface area contributed by atoms with E-state index >= 15 is 0 Å². The molecule has 1 aromatic rings. The summed E-state index contributed by atoms with van der Waals surface area (Å²) in [6, 6.07) is 5.55. The topological polar surface area (TPSA) is 63.6 Å². The second-order valence-corrected chi connectivity index (χ2v) is 4.55. The minimum atomic E-state index is -0.860. The van der Waals surface area contributed by atoms with E-state index < -0.39 is 5.97 Å². The van der Waals surface area contributed by atoms with Crippen LogP contribution in [0.4, 0.5) is 0 Å². The summed E-state index contributed by atoms with van der Waals surface area (Å²) >= 11 is 0. The summed E-state index contributed by atoms with van der Waals surface area (Å²) in [5, 5.41) is 8.96. The number of hydrogen-bond donors (Lipinski definition) is 1. The van der Waals surface area contributed by atoms with Crippen molar-refractivity contribution in [2.24, 2.45) is 5.92 Å². The number of rotatable bonds is 4. The molecule has 1 aromatic carbocycles. The van der Waals surface area contributed by atoms with Crippen molar-refractivity contribution in [1.29, 1.82) is 0 Å². The lowest BCUT2D eigenvalue weighted by Gasteiger charge is -2.25. The molecule has 4 heteroatoms. The molecule has 1 aliphatic rings. The highest BCUT2D eigenvalue weighted by Crippen LogP contribution is 2.33. The van der Waals surface area contributed by atoms with Crippen LogP contribution < -0.4 is 4.74 Å². The van der Waals surface area contributed by atoms with Crippen molar-refractivity contribution in [3.05, 3.63) is 29.3 Å². The summed E-state index contributed by atoms with van der Waals surface area (Å²) < 4.78 is 5.00. The Balaban J connectivity index is 2.19. The number of aldehydes is 1. The van der Waals surface area contributed by atoms with Gasteiger partial charge in [0.05, 0.1) is 0 Å². The second kappa shape index (κ2) is 5.78. The molecule has 0 aliphatic heterocycles. The number of carbonyl (C=O) groups is 2. The van der Waals surface area contributed by atoms with Gasteiger partial charge in [-0.3, -0.25) is 4.79 Å². The predicted molar refractivity (Wildman–Crippen MR) is 65.4 cm³/mol. The van der Waals surface area contributed by atoms with Gasteiger partial charge in [-0.05, 0) is 48.8 Å². The molecule has 4 nitrogen and oxygen atoms in total.